The fourth-order valence-corrected chi connectivity index (χ4v) is 3.17. The summed E-state index contributed by atoms with van der Waals surface area (Å²) in [4.78, 5) is 47.8. The van der Waals surface area contributed by atoms with Gasteiger partial charge in [0.25, 0.3) is 5.91 Å². The summed E-state index contributed by atoms with van der Waals surface area (Å²) < 4.78 is 10.9. The zero-order valence-corrected chi connectivity index (χ0v) is 20.2. The lowest BCUT2D eigenvalue weighted by Gasteiger charge is -2.09. The molecule has 0 aliphatic rings. The smallest absolute Gasteiger partial charge is 0.338 e. The topological polar surface area (TPSA) is 111 Å². The first-order chi connectivity index (χ1) is 15.8. The van der Waals surface area contributed by atoms with Gasteiger partial charge in [-0.2, -0.15) is 0 Å². The number of hydrogen-bond donors (Lipinski definition) is 2. The number of carbonyl (C=O) groups is 4. The number of esters is 2. The molecular weight excluding hydrogens is 492 g/mol. The molecule has 0 aliphatic heterocycles. The molecule has 0 aromatic heterocycles. The SMILES string of the molecule is CCCCOC(=O)c1ccc(NC(=O)COC(=O)CCC(=O)Nc2ccc(Br)cc2C)cc1. The van der Waals surface area contributed by atoms with Gasteiger partial charge < -0.3 is 20.1 Å². The average molecular weight is 519 g/mol. The van der Waals surface area contributed by atoms with Crippen LogP contribution in [0.3, 0.4) is 0 Å². The van der Waals surface area contributed by atoms with Gasteiger partial charge in [0.1, 0.15) is 0 Å². The molecule has 0 fully saturated rings. The van der Waals surface area contributed by atoms with Crippen LogP contribution in [-0.2, 0) is 23.9 Å². The largest absolute Gasteiger partial charge is 0.462 e. The highest BCUT2D eigenvalue weighted by Crippen LogP contribution is 2.20. The van der Waals surface area contributed by atoms with E-state index in [4.69, 9.17) is 9.47 Å². The van der Waals surface area contributed by atoms with Gasteiger partial charge in [-0.3, -0.25) is 14.4 Å². The van der Waals surface area contributed by atoms with E-state index in [9.17, 15) is 19.2 Å². The van der Waals surface area contributed by atoms with E-state index in [1.54, 1.807) is 30.3 Å². The molecule has 0 aliphatic carbocycles. The maximum absolute atomic E-state index is 12.0. The van der Waals surface area contributed by atoms with E-state index < -0.39 is 24.5 Å². The van der Waals surface area contributed by atoms with Crippen LogP contribution in [0.25, 0.3) is 0 Å². The van der Waals surface area contributed by atoms with Crippen LogP contribution in [-0.4, -0.2) is 37.0 Å². The Morgan fingerprint density at radius 2 is 1.64 bits per heavy atom. The highest BCUT2D eigenvalue weighted by molar-refractivity contribution is 9.10. The summed E-state index contributed by atoms with van der Waals surface area (Å²) in [5, 5.41) is 5.31. The molecule has 2 N–H and O–H groups in total. The minimum Gasteiger partial charge on any atom is -0.462 e. The fraction of sp³-hybridized carbons (Fsp3) is 0.333. The minimum atomic E-state index is -0.655. The lowest BCUT2D eigenvalue weighted by atomic mass is 10.2. The molecule has 0 atom stereocenters. The van der Waals surface area contributed by atoms with Crippen LogP contribution >= 0.6 is 15.9 Å². The Hall–Kier alpha value is -3.20. The number of aryl methyl sites for hydroxylation is 1. The van der Waals surface area contributed by atoms with Crippen LogP contribution in [0, 0.1) is 6.92 Å². The maximum atomic E-state index is 12.0. The van der Waals surface area contributed by atoms with Crippen LogP contribution in [0.4, 0.5) is 11.4 Å². The second-order valence-electron chi connectivity index (χ2n) is 7.28. The van der Waals surface area contributed by atoms with Crippen LogP contribution in [0.5, 0.6) is 0 Å². The predicted octanol–water partition coefficient (Wildman–Crippen LogP) is 4.62. The van der Waals surface area contributed by atoms with Crippen molar-refractivity contribution in [2.24, 2.45) is 0 Å². The molecule has 8 nitrogen and oxygen atoms in total. The average Bonchev–Trinajstić information content (AvgIpc) is 2.79. The van der Waals surface area contributed by atoms with Crippen molar-refractivity contribution in [3.05, 3.63) is 58.1 Å². The summed E-state index contributed by atoms with van der Waals surface area (Å²) in [5.41, 5.74) is 2.38. The zero-order chi connectivity index (χ0) is 24.2. The summed E-state index contributed by atoms with van der Waals surface area (Å²) in [6, 6.07) is 11.7. The third-order valence-electron chi connectivity index (χ3n) is 4.52. The van der Waals surface area contributed by atoms with Crippen molar-refractivity contribution in [1.82, 2.24) is 0 Å². The number of benzene rings is 2. The van der Waals surface area contributed by atoms with Gasteiger partial charge in [-0.25, -0.2) is 4.79 Å². The number of halogens is 1. The van der Waals surface area contributed by atoms with Crippen LogP contribution in [0.2, 0.25) is 0 Å². The first kappa shape index (κ1) is 26.1. The van der Waals surface area contributed by atoms with Gasteiger partial charge in [-0.05, 0) is 61.4 Å². The second kappa shape index (κ2) is 13.4. The molecule has 0 radical (unpaired) electrons. The summed E-state index contributed by atoms with van der Waals surface area (Å²) in [6.07, 6.45) is 1.52. The number of nitrogens with one attached hydrogen (secondary N) is 2. The Morgan fingerprint density at radius 3 is 2.30 bits per heavy atom. The lowest BCUT2D eigenvalue weighted by Crippen LogP contribution is -2.22. The Labute approximate surface area is 201 Å². The van der Waals surface area contributed by atoms with Crippen LogP contribution in [0.15, 0.2) is 46.9 Å². The minimum absolute atomic E-state index is 0.0637. The fourth-order valence-electron chi connectivity index (χ4n) is 2.69. The van der Waals surface area contributed by atoms with Gasteiger partial charge in [0.15, 0.2) is 6.61 Å². The number of anilines is 2. The molecule has 33 heavy (non-hydrogen) atoms. The molecule has 0 saturated heterocycles. The summed E-state index contributed by atoms with van der Waals surface area (Å²) >= 11 is 3.36. The number of carbonyl (C=O) groups excluding carboxylic acids is 4. The summed E-state index contributed by atoms with van der Waals surface area (Å²) in [7, 11) is 0. The van der Waals surface area contributed by atoms with E-state index in [1.807, 2.05) is 26.0 Å². The van der Waals surface area contributed by atoms with Gasteiger partial charge >= 0.3 is 11.9 Å². The van der Waals surface area contributed by atoms with Crippen LogP contribution in [0.1, 0.15) is 48.5 Å². The lowest BCUT2D eigenvalue weighted by molar-refractivity contribution is -0.147. The molecular formula is C24H27BrN2O6. The summed E-state index contributed by atoms with van der Waals surface area (Å²) in [6.45, 7) is 3.75. The second-order valence-corrected chi connectivity index (χ2v) is 8.20. The van der Waals surface area contributed by atoms with Crippen molar-refractivity contribution in [1.29, 1.82) is 0 Å². The highest BCUT2D eigenvalue weighted by Gasteiger charge is 2.12. The Balaban J connectivity index is 1.69. The van der Waals surface area contributed by atoms with Crippen molar-refractivity contribution in [2.75, 3.05) is 23.8 Å². The third-order valence-corrected chi connectivity index (χ3v) is 5.01. The molecule has 2 aromatic carbocycles. The van der Waals surface area contributed by atoms with Gasteiger partial charge in [0, 0.05) is 22.3 Å². The van der Waals surface area contributed by atoms with Crippen LogP contribution < -0.4 is 10.6 Å². The molecule has 176 valence electrons. The molecule has 9 heteroatoms. The Kier molecular flexibility index (Phi) is 10.6. The standard InChI is InChI=1S/C24H27BrN2O6/c1-3-4-13-32-24(31)17-5-8-19(9-6-17)26-22(29)15-33-23(30)12-11-21(28)27-20-10-7-18(25)14-16(20)2/h5-10,14H,3-4,11-13,15H2,1-2H3,(H,26,29)(H,27,28). The Bertz CT molecular complexity index is 991. The molecule has 0 bridgehead atoms. The number of hydrogen-bond acceptors (Lipinski definition) is 6. The first-order valence-corrected chi connectivity index (χ1v) is 11.4. The van der Waals surface area contributed by atoms with Gasteiger partial charge in [-0.1, -0.05) is 29.3 Å². The van der Waals surface area contributed by atoms with Gasteiger partial charge in [-0.15, -0.1) is 0 Å². The van der Waals surface area contributed by atoms with Crippen molar-refractivity contribution in [3.8, 4) is 0 Å². The van der Waals surface area contributed by atoms with Crippen molar-refractivity contribution >= 4 is 51.1 Å². The quantitative estimate of drug-likeness (QED) is 0.331. The normalized spacial score (nSPS) is 10.3. The van der Waals surface area contributed by atoms with E-state index in [-0.39, 0.29) is 18.7 Å². The third kappa shape index (κ3) is 9.44. The van der Waals surface area contributed by atoms with E-state index in [0.29, 0.717) is 23.5 Å². The van der Waals surface area contributed by atoms with E-state index in [0.717, 1.165) is 22.9 Å². The van der Waals surface area contributed by atoms with E-state index in [2.05, 4.69) is 26.6 Å². The first-order valence-electron chi connectivity index (χ1n) is 10.6. The maximum Gasteiger partial charge on any atom is 0.338 e. The molecule has 2 aromatic rings. The molecule has 2 amide bonds. The number of ether oxygens (including phenoxy) is 2. The molecule has 0 unspecified atom stereocenters. The van der Waals surface area contributed by atoms with Gasteiger partial charge in [0.05, 0.1) is 18.6 Å². The van der Waals surface area contributed by atoms with Crippen molar-refractivity contribution in [2.45, 2.75) is 39.5 Å². The Morgan fingerprint density at radius 1 is 0.909 bits per heavy atom. The van der Waals surface area contributed by atoms with Crippen molar-refractivity contribution < 1.29 is 28.7 Å². The van der Waals surface area contributed by atoms with Gasteiger partial charge in [0.2, 0.25) is 5.91 Å². The molecule has 0 heterocycles. The number of rotatable bonds is 11. The van der Waals surface area contributed by atoms with Crippen molar-refractivity contribution in [3.63, 3.8) is 0 Å². The zero-order valence-electron chi connectivity index (χ0n) is 18.6. The monoisotopic (exact) mass is 518 g/mol. The number of unbranched alkanes of at least 4 members (excludes halogenated alkanes) is 1. The van der Waals surface area contributed by atoms with E-state index >= 15 is 0 Å². The van der Waals surface area contributed by atoms with E-state index in [1.165, 1.54) is 0 Å². The predicted molar refractivity (Wildman–Crippen MR) is 128 cm³/mol. The molecule has 0 spiro atoms. The molecule has 2 rings (SSSR count). The number of amides is 2. The highest BCUT2D eigenvalue weighted by atomic mass is 79.9. The molecule has 0 saturated carbocycles. The summed E-state index contributed by atoms with van der Waals surface area (Å²) in [5.74, 6) is -1.93.